The Morgan fingerprint density at radius 1 is 1.56 bits per heavy atom. The van der Waals surface area contributed by atoms with E-state index in [0.717, 1.165) is 6.08 Å². The molecule has 1 unspecified atom stereocenters. The third kappa shape index (κ3) is 3.52. The molecule has 0 radical (unpaired) electrons. The molecule has 1 N–H and O–H groups in total. The summed E-state index contributed by atoms with van der Waals surface area (Å²) in [6.07, 6.45) is 1.74. The van der Waals surface area contributed by atoms with Crippen LogP contribution in [-0.2, 0) is 4.79 Å². The third-order valence-corrected chi connectivity index (χ3v) is 2.11. The van der Waals surface area contributed by atoms with Crippen LogP contribution in [0.15, 0.2) is 24.3 Å². The van der Waals surface area contributed by atoms with Crippen LogP contribution >= 0.6 is 0 Å². The molecule has 0 saturated carbocycles. The largest absolute Gasteiger partial charge is 0.493 e. The lowest BCUT2D eigenvalue weighted by Crippen LogP contribution is -2.10. The summed E-state index contributed by atoms with van der Waals surface area (Å²) >= 11 is 0. The fourth-order valence-electron chi connectivity index (χ4n) is 1.32. The average Bonchev–Trinajstić information content (AvgIpc) is 2.36. The van der Waals surface area contributed by atoms with Crippen LogP contribution in [-0.4, -0.2) is 24.3 Å². The molecule has 0 amide bonds. The minimum atomic E-state index is -1.06. The minimum absolute atomic E-state index is 0.353. The number of carbonyl (C=O) groups is 1. The van der Waals surface area contributed by atoms with Gasteiger partial charge in [-0.3, -0.25) is 0 Å². The average molecular weight is 247 g/mol. The summed E-state index contributed by atoms with van der Waals surface area (Å²) in [6.45, 7) is 1.59. The number of para-hydroxylation sites is 1. The highest BCUT2D eigenvalue weighted by molar-refractivity contribution is 5.86. The Kier molecular flexibility index (Phi) is 4.76. The van der Waals surface area contributed by atoms with E-state index in [2.05, 4.69) is 0 Å². The topological polar surface area (TPSA) is 79.6 Å². The third-order valence-electron chi connectivity index (χ3n) is 2.11. The van der Waals surface area contributed by atoms with E-state index >= 15 is 0 Å². The number of carboxylic acids is 1. The molecular weight excluding hydrogens is 234 g/mol. The Morgan fingerprint density at radius 3 is 2.83 bits per heavy atom. The van der Waals surface area contributed by atoms with E-state index < -0.39 is 12.1 Å². The Balaban J connectivity index is 3.16. The number of nitriles is 1. The lowest BCUT2D eigenvalue weighted by Gasteiger charge is -2.14. The van der Waals surface area contributed by atoms with E-state index in [1.807, 2.05) is 6.07 Å². The molecule has 1 atom stereocenters. The second-order valence-electron chi connectivity index (χ2n) is 3.44. The monoisotopic (exact) mass is 247 g/mol. The highest BCUT2D eigenvalue weighted by atomic mass is 16.5. The van der Waals surface area contributed by atoms with Crippen LogP contribution in [0.1, 0.15) is 12.5 Å². The van der Waals surface area contributed by atoms with E-state index in [1.54, 1.807) is 25.1 Å². The van der Waals surface area contributed by atoms with Gasteiger partial charge in [-0.1, -0.05) is 12.1 Å². The van der Waals surface area contributed by atoms with E-state index in [9.17, 15) is 4.79 Å². The van der Waals surface area contributed by atoms with Crippen LogP contribution in [0.25, 0.3) is 6.08 Å². The molecule has 5 heteroatoms. The van der Waals surface area contributed by atoms with E-state index in [4.69, 9.17) is 19.8 Å². The van der Waals surface area contributed by atoms with Gasteiger partial charge in [0.2, 0.25) is 0 Å². The first-order valence-electron chi connectivity index (χ1n) is 5.22. The maximum absolute atomic E-state index is 10.5. The number of hydrogen-bond acceptors (Lipinski definition) is 4. The molecule has 1 aromatic carbocycles. The number of aliphatic carboxylic acids is 1. The molecule has 94 valence electrons. The van der Waals surface area contributed by atoms with Crippen molar-refractivity contribution in [2.75, 3.05) is 7.11 Å². The summed E-state index contributed by atoms with van der Waals surface area (Å²) in [5, 5.41) is 17.3. The molecule has 0 spiro atoms. The SMILES string of the molecule is COc1cccc(C=CC(=O)O)c1OC(C)C#N. The van der Waals surface area contributed by atoms with Crippen LogP contribution in [0.5, 0.6) is 11.5 Å². The fraction of sp³-hybridized carbons (Fsp3) is 0.231. The maximum atomic E-state index is 10.5. The highest BCUT2D eigenvalue weighted by Crippen LogP contribution is 2.32. The molecule has 0 aromatic heterocycles. The van der Waals surface area contributed by atoms with Gasteiger partial charge < -0.3 is 14.6 Å². The Morgan fingerprint density at radius 2 is 2.28 bits per heavy atom. The van der Waals surface area contributed by atoms with Gasteiger partial charge in [0.15, 0.2) is 17.6 Å². The standard InChI is InChI=1S/C13H13NO4/c1-9(8-14)18-13-10(6-7-12(15)16)4-3-5-11(13)17-2/h3-7,9H,1-2H3,(H,15,16). The molecule has 0 heterocycles. The number of hydrogen-bond donors (Lipinski definition) is 1. The first kappa shape index (κ1) is 13.6. The summed E-state index contributed by atoms with van der Waals surface area (Å²) in [4.78, 5) is 10.5. The zero-order valence-electron chi connectivity index (χ0n) is 10.1. The molecule has 0 fully saturated rings. The summed E-state index contributed by atoms with van der Waals surface area (Å²) in [6, 6.07) is 7.01. The van der Waals surface area contributed by atoms with Crippen molar-refractivity contribution in [2.45, 2.75) is 13.0 Å². The molecule has 0 aliphatic heterocycles. The van der Waals surface area contributed by atoms with Crippen molar-refractivity contribution >= 4 is 12.0 Å². The number of carboxylic acid groups (broad SMARTS) is 1. The van der Waals surface area contributed by atoms with Crippen molar-refractivity contribution in [1.29, 1.82) is 5.26 Å². The Hall–Kier alpha value is -2.48. The van der Waals surface area contributed by atoms with Crippen molar-refractivity contribution in [3.8, 4) is 17.6 Å². The van der Waals surface area contributed by atoms with Crippen LogP contribution in [0.2, 0.25) is 0 Å². The van der Waals surface area contributed by atoms with E-state index in [1.165, 1.54) is 13.2 Å². The van der Waals surface area contributed by atoms with Gasteiger partial charge in [-0.05, 0) is 19.1 Å². The van der Waals surface area contributed by atoms with Crippen molar-refractivity contribution in [3.63, 3.8) is 0 Å². The number of methoxy groups -OCH3 is 1. The molecule has 0 bridgehead atoms. The summed E-state index contributed by atoms with van der Waals surface area (Å²) in [5.74, 6) is -0.256. The van der Waals surface area contributed by atoms with E-state index in [0.29, 0.717) is 17.1 Å². The van der Waals surface area contributed by atoms with Gasteiger partial charge in [0, 0.05) is 11.6 Å². The normalized spacial score (nSPS) is 11.8. The minimum Gasteiger partial charge on any atom is -0.493 e. The van der Waals surface area contributed by atoms with Gasteiger partial charge >= 0.3 is 5.97 Å². The van der Waals surface area contributed by atoms with Gasteiger partial charge in [0.05, 0.1) is 7.11 Å². The summed E-state index contributed by atoms with van der Waals surface area (Å²) < 4.78 is 10.5. The highest BCUT2D eigenvalue weighted by Gasteiger charge is 2.12. The quantitative estimate of drug-likeness (QED) is 0.806. The van der Waals surface area contributed by atoms with Crippen LogP contribution in [0.3, 0.4) is 0 Å². The van der Waals surface area contributed by atoms with Gasteiger partial charge in [0.1, 0.15) is 6.07 Å². The lowest BCUT2D eigenvalue weighted by atomic mass is 10.1. The molecule has 1 aromatic rings. The molecule has 1 rings (SSSR count). The zero-order chi connectivity index (χ0) is 13.5. The van der Waals surface area contributed by atoms with Crippen LogP contribution in [0, 0.1) is 11.3 Å². The molecule has 0 aliphatic rings. The molecule has 5 nitrogen and oxygen atoms in total. The molecule has 0 saturated heterocycles. The number of nitrogens with zero attached hydrogens (tertiary/aromatic N) is 1. The second kappa shape index (κ2) is 6.30. The fourth-order valence-corrected chi connectivity index (χ4v) is 1.32. The van der Waals surface area contributed by atoms with Gasteiger partial charge in [-0.25, -0.2) is 4.79 Å². The van der Waals surface area contributed by atoms with Crippen molar-refractivity contribution in [1.82, 2.24) is 0 Å². The van der Waals surface area contributed by atoms with Gasteiger partial charge in [-0.15, -0.1) is 0 Å². The smallest absolute Gasteiger partial charge is 0.328 e. The number of benzene rings is 1. The van der Waals surface area contributed by atoms with Crippen LogP contribution < -0.4 is 9.47 Å². The van der Waals surface area contributed by atoms with E-state index in [-0.39, 0.29) is 0 Å². The van der Waals surface area contributed by atoms with Crippen LogP contribution in [0.4, 0.5) is 0 Å². The van der Waals surface area contributed by atoms with Crippen molar-refractivity contribution in [3.05, 3.63) is 29.8 Å². The zero-order valence-corrected chi connectivity index (χ0v) is 10.1. The summed E-state index contributed by atoms with van der Waals surface area (Å²) in [5.41, 5.74) is 0.541. The molecule has 18 heavy (non-hydrogen) atoms. The predicted molar refractivity (Wildman–Crippen MR) is 65.4 cm³/mol. The predicted octanol–water partition coefficient (Wildman–Crippen LogP) is 2.08. The lowest BCUT2D eigenvalue weighted by molar-refractivity contribution is -0.131. The number of rotatable bonds is 5. The van der Waals surface area contributed by atoms with Gasteiger partial charge in [-0.2, -0.15) is 5.26 Å². The molecular formula is C13H13NO4. The van der Waals surface area contributed by atoms with Gasteiger partial charge in [0.25, 0.3) is 0 Å². The first-order valence-corrected chi connectivity index (χ1v) is 5.22. The number of ether oxygens (including phenoxy) is 2. The Labute approximate surface area is 105 Å². The second-order valence-corrected chi connectivity index (χ2v) is 3.44. The summed E-state index contributed by atoms with van der Waals surface area (Å²) in [7, 11) is 1.48. The Bertz CT molecular complexity index is 502. The van der Waals surface area contributed by atoms with Crippen molar-refractivity contribution < 1.29 is 19.4 Å². The van der Waals surface area contributed by atoms with Crippen molar-refractivity contribution in [2.24, 2.45) is 0 Å². The maximum Gasteiger partial charge on any atom is 0.328 e. The first-order chi connectivity index (χ1) is 8.58. The molecule has 0 aliphatic carbocycles.